The molecule has 0 bridgehead atoms. The maximum absolute atomic E-state index is 6.18. The number of alkyl halides is 1. The molecule has 1 aromatic rings. The van der Waals surface area contributed by atoms with Gasteiger partial charge in [0.1, 0.15) is 0 Å². The second-order valence-corrected chi connectivity index (χ2v) is 4.46. The van der Waals surface area contributed by atoms with Crippen LogP contribution in [-0.2, 0) is 6.42 Å². The molecule has 12 heavy (non-hydrogen) atoms. The Morgan fingerprint density at radius 2 is 1.92 bits per heavy atom. The Morgan fingerprint density at radius 3 is 2.42 bits per heavy atom. The maximum Gasteiger partial charge on any atom is 0.0546 e. The molecule has 1 atom stereocenters. The number of thiol groups is 1. The highest BCUT2D eigenvalue weighted by molar-refractivity contribution is 7.80. The Morgan fingerprint density at radius 1 is 1.33 bits per heavy atom. The van der Waals surface area contributed by atoms with Gasteiger partial charge in [-0.2, -0.15) is 12.6 Å². The minimum atomic E-state index is -0.218. The first kappa shape index (κ1) is 9.94. The van der Waals surface area contributed by atoms with Crippen molar-refractivity contribution >= 4 is 24.2 Å². The summed E-state index contributed by atoms with van der Waals surface area (Å²) in [6, 6.07) is 10.2. The van der Waals surface area contributed by atoms with E-state index in [9.17, 15) is 0 Å². The third-order valence-electron chi connectivity index (χ3n) is 1.75. The molecule has 0 saturated heterocycles. The second kappa shape index (κ2) is 4.20. The number of benzene rings is 1. The van der Waals surface area contributed by atoms with Gasteiger partial charge in [-0.1, -0.05) is 30.3 Å². The summed E-state index contributed by atoms with van der Waals surface area (Å²) in [5.74, 6) is 0.698. The van der Waals surface area contributed by atoms with Gasteiger partial charge in [0.05, 0.1) is 4.87 Å². The van der Waals surface area contributed by atoms with Gasteiger partial charge < -0.3 is 0 Å². The third kappa shape index (κ3) is 3.08. The van der Waals surface area contributed by atoms with Crippen LogP contribution in [0.1, 0.15) is 12.5 Å². The van der Waals surface area contributed by atoms with E-state index in [0.717, 1.165) is 6.42 Å². The van der Waals surface area contributed by atoms with Crippen LogP contribution in [0, 0.1) is 0 Å². The number of halogens is 1. The largest absolute Gasteiger partial charge is 0.178 e. The van der Waals surface area contributed by atoms with Crippen LogP contribution in [0.3, 0.4) is 0 Å². The summed E-state index contributed by atoms with van der Waals surface area (Å²) in [6.07, 6.45) is 0.874. The lowest BCUT2D eigenvalue weighted by Crippen LogP contribution is -2.21. The minimum absolute atomic E-state index is 0.218. The van der Waals surface area contributed by atoms with E-state index in [2.05, 4.69) is 24.8 Å². The first-order chi connectivity index (χ1) is 5.64. The van der Waals surface area contributed by atoms with E-state index in [4.69, 9.17) is 11.6 Å². The first-order valence-corrected chi connectivity index (χ1v) is 4.99. The van der Waals surface area contributed by atoms with Crippen molar-refractivity contribution in [3.05, 3.63) is 35.9 Å². The van der Waals surface area contributed by atoms with Crippen molar-refractivity contribution in [2.75, 3.05) is 5.75 Å². The lowest BCUT2D eigenvalue weighted by molar-refractivity contribution is 0.707. The highest BCUT2D eigenvalue weighted by Gasteiger charge is 2.18. The van der Waals surface area contributed by atoms with Crippen molar-refractivity contribution in [1.82, 2.24) is 0 Å². The van der Waals surface area contributed by atoms with Crippen LogP contribution < -0.4 is 0 Å². The quantitative estimate of drug-likeness (QED) is 0.563. The van der Waals surface area contributed by atoms with Crippen LogP contribution in [0.2, 0.25) is 0 Å². The Kier molecular flexibility index (Phi) is 3.48. The summed E-state index contributed by atoms with van der Waals surface area (Å²) in [5.41, 5.74) is 1.27. The Balaban J connectivity index is 2.64. The predicted molar refractivity (Wildman–Crippen MR) is 58.3 cm³/mol. The minimum Gasteiger partial charge on any atom is -0.178 e. The van der Waals surface area contributed by atoms with Crippen LogP contribution in [0.15, 0.2) is 30.3 Å². The fraction of sp³-hybridized carbons (Fsp3) is 0.400. The molecule has 0 aromatic heterocycles. The van der Waals surface area contributed by atoms with Crippen molar-refractivity contribution < 1.29 is 0 Å². The van der Waals surface area contributed by atoms with Crippen LogP contribution in [0.4, 0.5) is 0 Å². The molecule has 0 amide bonds. The third-order valence-corrected chi connectivity index (χ3v) is 2.90. The molecule has 0 saturated carbocycles. The molecule has 0 fully saturated rings. The van der Waals surface area contributed by atoms with Crippen molar-refractivity contribution in [1.29, 1.82) is 0 Å². The fourth-order valence-corrected chi connectivity index (χ4v) is 1.34. The molecule has 1 unspecified atom stereocenters. The Labute approximate surface area is 84.3 Å². The molecule has 0 N–H and O–H groups in total. The summed E-state index contributed by atoms with van der Waals surface area (Å²) in [5, 5.41) is 0. The van der Waals surface area contributed by atoms with Crippen LogP contribution in [0.5, 0.6) is 0 Å². The molecule has 0 aliphatic carbocycles. The first-order valence-electron chi connectivity index (χ1n) is 3.98. The SMILES string of the molecule is CC(Cl)(CS)Cc1ccccc1. The van der Waals surface area contributed by atoms with Gasteiger partial charge in [0.15, 0.2) is 0 Å². The van der Waals surface area contributed by atoms with Crippen LogP contribution in [0.25, 0.3) is 0 Å². The van der Waals surface area contributed by atoms with Crippen molar-refractivity contribution in [2.45, 2.75) is 18.2 Å². The summed E-state index contributed by atoms with van der Waals surface area (Å²) >= 11 is 10.4. The van der Waals surface area contributed by atoms with E-state index in [0.29, 0.717) is 5.75 Å². The summed E-state index contributed by atoms with van der Waals surface area (Å²) in [6.45, 7) is 2.01. The lowest BCUT2D eigenvalue weighted by atomic mass is 10.0. The van der Waals surface area contributed by atoms with E-state index in [1.165, 1.54) is 5.56 Å². The number of rotatable bonds is 3. The van der Waals surface area contributed by atoms with Gasteiger partial charge in [0.25, 0.3) is 0 Å². The molecule has 0 aliphatic rings. The monoisotopic (exact) mass is 200 g/mol. The molecule has 0 aliphatic heterocycles. The number of hydrogen-bond acceptors (Lipinski definition) is 1. The van der Waals surface area contributed by atoms with E-state index in [1.54, 1.807) is 0 Å². The Hall–Kier alpha value is -0.140. The summed E-state index contributed by atoms with van der Waals surface area (Å²) in [4.78, 5) is -0.218. The van der Waals surface area contributed by atoms with Gasteiger partial charge in [-0.3, -0.25) is 0 Å². The molecule has 1 aromatic carbocycles. The highest BCUT2D eigenvalue weighted by Crippen LogP contribution is 2.21. The van der Waals surface area contributed by atoms with Gasteiger partial charge in [-0.15, -0.1) is 11.6 Å². The average molecular weight is 201 g/mol. The topological polar surface area (TPSA) is 0 Å². The zero-order chi connectivity index (χ0) is 9.03. The van der Waals surface area contributed by atoms with Gasteiger partial charge in [0, 0.05) is 5.75 Å². The second-order valence-electron chi connectivity index (χ2n) is 3.23. The fourth-order valence-electron chi connectivity index (χ4n) is 1.08. The molecule has 0 radical (unpaired) electrons. The molecular formula is C10H13ClS. The standard InChI is InChI=1S/C10H13ClS/c1-10(11,8-12)7-9-5-3-2-4-6-9/h2-6,12H,7-8H2,1H3. The van der Waals surface area contributed by atoms with Gasteiger partial charge in [-0.05, 0) is 18.9 Å². The molecule has 0 nitrogen and oxygen atoms in total. The van der Waals surface area contributed by atoms with E-state index < -0.39 is 0 Å². The zero-order valence-corrected chi connectivity index (χ0v) is 8.78. The van der Waals surface area contributed by atoms with Crippen molar-refractivity contribution in [2.24, 2.45) is 0 Å². The smallest absolute Gasteiger partial charge is 0.0546 e. The molecule has 0 spiro atoms. The van der Waals surface area contributed by atoms with E-state index in [1.807, 2.05) is 25.1 Å². The number of hydrogen-bond donors (Lipinski definition) is 1. The Bertz CT molecular complexity index is 231. The van der Waals surface area contributed by atoms with E-state index >= 15 is 0 Å². The summed E-state index contributed by atoms with van der Waals surface area (Å²) < 4.78 is 0. The summed E-state index contributed by atoms with van der Waals surface area (Å²) in [7, 11) is 0. The van der Waals surface area contributed by atoms with Gasteiger partial charge in [-0.25, -0.2) is 0 Å². The van der Waals surface area contributed by atoms with Crippen molar-refractivity contribution in [3.63, 3.8) is 0 Å². The molecule has 0 heterocycles. The normalized spacial score (nSPS) is 15.6. The van der Waals surface area contributed by atoms with E-state index in [-0.39, 0.29) is 4.87 Å². The predicted octanol–water partition coefficient (Wildman–Crippen LogP) is 3.16. The molecule has 1 rings (SSSR count). The van der Waals surface area contributed by atoms with Crippen molar-refractivity contribution in [3.8, 4) is 0 Å². The van der Waals surface area contributed by atoms with Gasteiger partial charge in [0.2, 0.25) is 0 Å². The maximum atomic E-state index is 6.18. The van der Waals surface area contributed by atoms with Crippen LogP contribution in [-0.4, -0.2) is 10.6 Å². The molecular weight excluding hydrogens is 188 g/mol. The molecule has 2 heteroatoms. The lowest BCUT2D eigenvalue weighted by Gasteiger charge is -2.18. The molecule has 66 valence electrons. The average Bonchev–Trinajstić information content (AvgIpc) is 2.06. The zero-order valence-electron chi connectivity index (χ0n) is 7.13. The van der Waals surface area contributed by atoms with Gasteiger partial charge >= 0.3 is 0 Å². The highest BCUT2D eigenvalue weighted by atomic mass is 35.5. The van der Waals surface area contributed by atoms with Crippen LogP contribution >= 0.6 is 24.2 Å².